The summed E-state index contributed by atoms with van der Waals surface area (Å²) >= 11 is 3.76. The Hall–Kier alpha value is -2.07. The highest BCUT2D eigenvalue weighted by Crippen LogP contribution is 2.17. The van der Waals surface area contributed by atoms with E-state index in [2.05, 4.69) is 19.6 Å². The summed E-state index contributed by atoms with van der Waals surface area (Å²) in [6, 6.07) is 14.0. The molecule has 0 N–H and O–H groups in total. The van der Waals surface area contributed by atoms with Gasteiger partial charge in [-0.15, -0.1) is 12.6 Å². The lowest BCUT2D eigenvalue weighted by Gasteiger charge is -2.06. The summed E-state index contributed by atoms with van der Waals surface area (Å²) in [6.45, 7) is 2.25. The van der Waals surface area contributed by atoms with Crippen LogP contribution in [0.5, 0.6) is 5.75 Å². The monoisotopic (exact) mass is 398 g/mol. The Morgan fingerprint density at radius 3 is 1.86 bits per heavy atom. The van der Waals surface area contributed by atoms with E-state index in [1.54, 1.807) is 24.3 Å². The number of carbonyl (C=O) groups is 2. The molecule has 0 unspecified atom stereocenters. The van der Waals surface area contributed by atoms with Crippen LogP contribution in [0.15, 0.2) is 48.5 Å². The Kier molecular flexibility index (Phi) is 9.84. The number of aryl methyl sites for hydroxylation is 1. The Balaban J connectivity index is 1.72. The fourth-order valence-electron chi connectivity index (χ4n) is 3.10. The Morgan fingerprint density at radius 1 is 0.750 bits per heavy atom. The fraction of sp³-hybridized carbons (Fsp3) is 0.417. The van der Waals surface area contributed by atoms with Crippen LogP contribution in [0.2, 0.25) is 0 Å². The molecule has 0 saturated heterocycles. The molecule has 0 radical (unpaired) electrons. The maximum absolute atomic E-state index is 12.2. The molecule has 0 aliphatic rings. The smallest absolute Gasteiger partial charge is 0.343 e. The summed E-state index contributed by atoms with van der Waals surface area (Å²) in [5, 5.41) is -0.315. The first-order valence-corrected chi connectivity index (χ1v) is 10.7. The molecule has 2 aromatic carbocycles. The van der Waals surface area contributed by atoms with Gasteiger partial charge in [0, 0.05) is 5.56 Å². The van der Waals surface area contributed by atoms with Crippen LogP contribution in [0.3, 0.4) is 0 Å². The van der Waals surface area contributed by atoms with Crippen molar-refractivity contribution in [2.24, 2.45) is 0 Å². The van der Waals surface area contributed by atoms with Crippen LogP contribution in [0, 0.1) is 0 Å². The first-order valence-electron chi connectivity index (χ1n) is 10.2. The van der Waals surface area contributed by atoms with E-state index in [-0.39, 0.29) is 5.12 Å². The molecule has 2 aromatic rings. The minimum Gasteiger partial charge on any atom is -0.423 e. The lowest BCUT2D eigenvalue weighted by molar-refractivity contribution is 0.0734. The van der Waals surface area contributed by atoms with Gasteiger partial charge in [0.15, 0.2) is 0 Å². The first kappa shape index (κ1) is 22.2. The number of rotatable bonds is 12. The highest BCUT2D eigenvalue weighted by molar-refractivity contribution is 7.97. The van der Waals surface area contributed by atoms with E-state index in [0.29, 0.717) is 16.9 Å². The molecular weight excluding hydrogens is 368 g/mol. The second-order valence-corrected chi connectivity index (χ2v) is 7.55. The summed E-state index contributed by atoms with van der Waals surface area (Å²) in [6.07, 6.45) is 11.5. The van der Waals surface area contributed by atoms with E-state index in [1.807, 2.05) is 24.3 Å². The van der Waals surface area contributed by atoms with Crippen LogP contribution in [0.25, 0.3) is 0 Å². The van der Waals surface area contributed by atoms with Gasteiger partial charge in [-0.2, -0.15) is 0 Å². The third-order valence-electron chi connectivity index (χ3n) is 4.82. The fourth-order valence-corrected chi connectivity index (χ4v) is 3.25. The zero-order valence-corrected chi connectivity index (χ0v) is 17.5. The lowest BCUT2D eigenvalue weighted by atomic mass is 10.0. The van der Waals surface area contributed by atoms with Crippen molar-refractivity contribution in [2.75, 3.05) is 0 Å². The van der Waals surface area contributed by atoms with Crippen LogP contribution in [-0.4, -0.2) is 11.1 Å². The van der Waals surface area contributed by atoms with Crippen LogP contribution >= 0.6 is 12.6 Å². The number of hydrogen-bond donors (Lipinski definition) is 1. The molecule has 2 rings (SSSR count). The Bertz CT molecular complexity index is 735. The topological polar surface area (TPSA) is 43.4 Å². The highest BCUT2D eigenvalue weighted by Gasteiger charge is 2.09. The molecule has 4 heteroatoms. The number of benzene rings is 2. The van der Waals surface area contributed by atoms with Crippen molar-refractivity contribution in [3.05, 3.63) is 65.2 Å². The van der Waals surface area contributed by atoms with Gasteiger partial charge >= 0.3 is 5.97 Å². The van der Waals surface area contributed by atoms with Crippen molar-refractivity contribution < 1.29 is 14.3 Å². The van der Waals surface area contributed by atoms with Crippen LogP contribution < -0.4 is 4.74 Å². The standard InChI is InChI=1S/C24H30O3S/c1-2-3-4-5-6-7-8-9-10-19-11-13-20(14-12-19)23(25)27-22-17-15-21(16-18-22)24(26)28/h11-18H,2-10H2,1H3,(H,26,28). The van der Waals surface area contributed by atoms with Gasteiger partial charge in [0.2, 0.25) is 5.12 Å². The van der Waals surface area contributed by atoms with E-state index >= 15 is 0 Å². The predicted octanol–water partition coefficient (Wildman–Crippen LogP) is 6.66. The number of ether oxygens (including phenoxy) is 1. The normalized spacial score (nSPS) is 10.6. The zero-order valence-electron chi connectivity index (χ0n) is 16.7. The number of carbonyl (C=O) groups excluding carboxylic acids is 2. The minimum atomic E-state index is -0.399. The molecule has 0 aromatic heterocycles. The van der Waals surface area contributed by atoms with E-state index < -0.39 is 5.97 Å². The van der Waals surface area contributed by atoms with Crippen molar-refractivity contribution in [3.63, 3.8) is 0 Å². The van der Waals surface area contributed by atoms with Gasteiger partial charge in [-0.05, 0) is 54.8 Å². The zero-order chi connectivity index (χ0) is 20.2. The molecular formula is C24H30O3S. The van der Waals surface area contributed by atoms with Gasteiger partial charge in [0.25, 0.3) is 0 Å². The van der Waals surface area contributed by atoms with Gasteiger partial charge in [0.05, 0.1) is 5.56 Å². The van der Waals surface area contributed by atoms with Crippen LogP contribution in [-0.2, 0) is 6.42 Å². The Labute approximate surface area is 173 Å². The molecule has 3 nitrogen and oxygen atoms in total. The summed E-state index contributed by atoms with van der Waals surface area (Å²) in [7, 11) is 0. The molecule has 150 valence electrons. The number of unbranched alkanes of at least 4 members (excludes halogenated alkanes) is 7. The molecule has 0 bridgehead atoms. The quantitative estimate of drug-likeness (QED) is 0.188. The highest BCUT2D eigenvalue weighted by atomic mass is 32.1. The first-order chi connectivity index (χ1) is 13.6. The lowest BCUT2D eigenvalue weighted by Crippen LogP contribution is -2.08. The molecule has 0 amide bonds. The number of hydrogen-bond acceptors (Lipinski definition) is 3. The maximum atomic E-state index is 12.2. The SMILES string of the molecule is CCCCCCCCCCc1ccc(C(=O)Oc2ccc(C(=O)S)cc2)cc1. The third-order valence-corrected chi connectivity index (χ3v) is 5.08. The van der Waals surface area contributed by atoms with Crippen molar-refractivity contribution in [2.45, 2.75) is 64.7 Å². The molecule has 0 spiro atoms. The van der Waals surface area contributed by atoms with Crippen LogP contribution in [0.1, 0.15) is 84.6 Å². The van der Waals surface area contributed by atoms with Crippen molar-refractivity contribution >= 4 is 23.7 Å². The second kappa shape index (κ2) is 12.4. The number of thiol groups is 1. The average molecular weight is 399 g/mol. The van der Waals surface area contributed by atoms with Gasteiger partial charge in [0.1, 0.15) is 5.75 Å². The third kappa shape index (κ3) is 7.89. The van der Waals surface area contributed by atoms with Crippen molar-refractivity contribution in [1.29, 1.82) is 0 Å². The summed E-state index contributed by atoms with van der Waals surface area (Å²) < 4.78 is 5.35. The van der Waals surface area contributed by atoms with E-state index in [9.17, 15) is 9.59 Å². The molecule has 0 aliphatic carbocycles. The van der Waals surface area contributed by atoms with Crippen LogP contribution in [0.4, 0.5) is 0 Å². The van der Waals surface area contributed by atoms with E-state index in [0.717, 1.165) is 6.42 Å². The molecule has 0 fully saturated rings. The Morgan fingerprint density at radius 2 is 1.29 bits per heavy atom. The molecule has 0 saturated carbocycles. The van der Waals surface area contributed by atoms with Gasteiger partial charge in [-0.25, -0.2) is 4.79 Å². The largest absolute Gasteiger partial charge is 0.423 e. The van der Waals surface area contributed by atoms with Crippen molar-refractivity contribution in [1.82, 2.24) is 0 Å². The summed E-state index contributed by atoms with van der Waals surface area (Å²) in [5.41, 5.74) is 2.24. The molecule has 0 heterocycles. The predicted molar refractivity (Wildman–Crippen MR) is 117 cm³/mol. The van der Waals surface area contributed by atoms with E-state index in [1.165, 1.54) is 56.9 Å². The van der Waals surface area contributed by atoms with Gasteiger partial charge < -0.3 is 4.74 Å². The van der Waals surface area contributed by atoms with Gasteiger partial charge in [-0.1, -0.05) is 64.0 Å². The average Bonchev–Trinajstić information content (AvgIpc) is 2.71. The molecule has 28 heavy (non-hydrogen) atoms. The second-order valence-electron chi connectivity index (χ2n) is 7.14. The van der Waals surface area contributed by atoms with Gasteiger partial charge in [-0.3, -0.25) is 4.79 Å². The molecule has 0 aliphatic heterocycles. The molecule has 0 atom stereocenters. The number of esters is 1. The summed E-state index contributed by atoms with van der Waals surface area (Å²) in [4.78, 5) is 23.4. The summed E-state index contributed by atoms with van der Waals surface area (Å²) in [5.74, 6) is 0.00919. The maximum Gasteiger partial charge on any atom is 0.343 e. The van der Waals surface area contributed by atoms with Crippen molar-refractivity contribution in [3.8, 4) is 5.75 Å². The minimum absolute atomic E-state index is 0.315. The van der Waals surface area contributed by atoms with E-state index in [4.69, 9.17) is 4.74 Å².